The SMILES string of the molecule is CC(C1OCC(C)(C)CO1)[C@H]1CC[C@H]2[C@@H]3C=CC4(O)CC(O[Si](C)(C)C(C)(C)C)CC(O)[C@]4(C)[C@H]3CC[C@]12C. The first-order valence-electron chi connectivity index (χ1n) is 15.9. The van der Waals surface area contributed by atoms with Gasteiger partial charge in [0.1, 0.15) is 0 Å². The van der Waals surface area contributed by atoms with E-state index >= 15 is 0 Å². The fraction of sp³-hybridized carbons (Fsp3) is 0.939. The van der Waals surface area contributed by atoms with Crippen molar-refractivity contribution in [2.24, 2.45) is 45.8 Å². The molecule has 1 heterocycles. The van der Waals surface area contributed by atoms with Crippen LogP contribution < -0.4 is 0 Å². The Kier molecular flexibility index (Phi) is 7.47. The normalized spacial score (nSPS) is 47.3. The molecule has 39 heavy (non-hydrogen) atoms. The van der Waals surface area contributed by atoms with Crippen molar-refractivity contribution in [2.45, 2.75) is 136 Å². The van der Waals surface area contributed by atoms with Gasteiger partial charge in [0.2, 0.25) is 0 Å². The quantitative estimate of drug-likeness (QED) is 0.287. The number of rotatable bonds is 4. The second kappa shape index (κ2) is 9.64. The number of fused-ring (bicyclic) bond motifs is 5. The number of hydrogen-bond donors (Lipinski definition) is 2. The van der Waals surface area contributed by atoms with E-state index in [-0.39, 0.29) is 34.2 Å². The standard InChI is InChI=1S/C33H58O5Si/c1-21(28-36-19-30(5,6)20-37-28)24-11-12-25-23-13-16-33(35)18-22(38-39(9,10)29(2,3)4)17-27(34)32(33,8)26(23)14-15-31(24,25)7/h13,16,21-28,34-35H,11-12,14-15,17-20H2,1-10H3/t21?,22?,23-,24+,25-,26-,27?,31+,32-,33?/m0/s1. The molecule has 6 heteroatoms. The Labute approximate surface area is 239 Å². The highest BCUT2D eigenvalue weighted by atomic mass is 28.4. The third-order valence-electron chi connectivity index (χ3n) is 13.0. The van der Waals surface area contributed by atoms with Crippen molar-refractivity contribution in [2.75, 3.05) is 13.2 Å². The Balaban J connectivity index is 1.36. The highest BCUT2D eigenvalue weighted by Gasteiger charge is 2.66. The van der Waals surface area contributed by atoms with E-state index in [0.29, 0.717) is 36.5 Å². The number of aliphatic hydroxyl groups is 2. The first-order chi connectivity index (χ1) is 17.8. The van der Waals surface area contributed by atoms with Crippen molar-refractivity contribution in [1.29, 1.82) is 0 Å². The monoisotopic (exact) mass is 562 g/mol. The maximum Gasteiger partial charge on any atom is 0.192 e. The van der Waals surface area contributed by atoms with Gasteiger partial charge in [-0.15, -0.1) is 0 Å². The molecule has 0 aromatic carbocycles. The van der Waals surface area contributed by atoms with Crippen LogP contribution in [0.5, 0.6) is 0 Å². The predicted octanol–water partition coefficient (Wildman–Crippen LogP) is 6.93. The van der Waals surface area contributed by atoms with E-state index in [2.05, 4.69) is 80.6 Å². The zero-order valence-corrected chi connectivity index (χ0v) is 27.5. The summed E-state index contributed by atoms with van der Waals surface area (Å²) in [6.07, 6.45) is 9.47. The van der Waals surface area contributed by atoms with E-state index < -0.39 is 25.4 Å². The van der Waals surface area contributed by atoms with Gasteiger partial charge in [-0.2, -0.15) is 0 Å². The minimum atomic E-state index is -2.01. The number of allylic oxidation sites excluding steroid dienone is 1. The summed E-state index contributed by atoms with van der Waals surface area (Å²) in [6.45, 7) is 24.3. The predicted molar refractivity (Wildman–Crippen MR) is 159 cm³/mol. The third-order valence-corrected chi connectivity index (χ3v) is 17.6. The Bertz CT molecular complexity index is 946. The lowest BCUT2D eigenvalue weighted by Gasteiger charge is -2.63. The van der Waals surface area contributed by atoms with Gasteiger partial charge in [0, 0.05) is 23.2 Å². The Hall–Kier alpha value is -0.243. The summed E-state index contributed by atoms with van der Waals surface area (Å²) in [7, 11) is -2.01. The molecule has 10 atom stereocenters. The van der Waals surface area contributed by atoms with E-state index in [9.17, 15) is 10.2 Å². The lowest BCUT2D eigenvalue weighted by Crippen LogP contribution is -2.67. The van der Waals surface area contributed by atoms with E-state index in [0.717, 1.165) is 26.1 Å². The summed E-state index contributed by atoms with van der Waals surface area (Å²) < 4.78 is 19.3. The molecule has 0 amide bonds. The van der Waals surface area contributed by atoms with Gasteiger partial charge in [0.05, 0.1) is 31.0 Å². The third kappa shape index (κ3) is 4.76. The van der Waals surface area contributed by atoms with E-state index in [1.165, 1.54) is 12.8 Å². The minimum Gasteiger partial charge on any atom is -0.414 e. The summed E-state index contributed by atoms with van der Waals surface area (Å²) in [6, 6.07) is 0. The maximum atomic E-state index is 12.2. The van der Waals surface area contributed by atoms with Crippen LogP contribution in [0.3, 0.4) is 0 Å². The highest BCUT2D eigenvalue weighted by molar-refractivity contribution is 6.74. The molecule has 4 fully saturated rings. The average Bonchev–Trinajstić information content (AvgIpc) is 3.16. The number of hydrogen-bond acceptors (Lipinski definition) is 5. The van der Waals surface area contributed by atoms with Gasteiger partial charge in [-0.3, -0.25) is 0 Å². The summed E-state index contributed by atoms with van der Waals surface area (Å²) in [5, 5.41) is 24.1. The van der Waals surface area contributed by atoms with Crippen LogP contribution in [-0.2, 0) is 13.9 Å². The summed E-state index contributed by atoms with van der Waals surface area (Å²) in [4.78, 5) is 0. The molecule has 4 aliphatic carbocycles. The molecule has 0 aromatic rings. The molecule has 5 aliphatic rings. The van der Waals surface area contributed by atoms with E-state index in [4.69, 9.17) is 13.9 Å². The van der Waals surface area contributed by atoms with Gasteiger partial charge < -0.3 is 24.1 Å². The van der Waals surface area contributed by atoms with Crippen molar-refractivity contribution in [1.82, 2.24) is 0 Å². The molecule has 1 saturated heterocycles. The molecule has 2 N–H and O–H groups in total. The van der Waals surface area contributed by atoms with Gasteiger partial charge in [0.25, 0.3) is 0 Å². The zero-order chi connectivity index (χ0) is 28.8. The first-order valence-corrected chi connectivity index (χ1v) is 18.8. The van der Waals surface area contributed by atoms with Gasteiger partial charge in [-0.1, -0.05) is 67.5 Å². The van der Waals surface area contributed by atoms with Gasteiger partial charge >= 0.3 is 0 Å². The molecule has 1 aliphatic heterocycles. The van der Waals surface area contributed by atoms with Crippen LogP contribution in [0.4, 0.5) is 0 Å². The molecule has 0 aromatic heterocycles. The molecule has 0 radical (unpaired) electrons. The zero-order valence-electron chi connectivity index (χ0n) is 26.5. The molecule has 4 unspecified atom stereocenters. The van der Waals surface area contributed by atoms with Crippen LogP contribution in [-0.4, -0.2) is 55.8 Å². The number of ether oxygens (including phenoxy) is 2. The Morgan fingerprint density at radius 3 is 2.26 bits per heavy atom. The molecular formula is C33H58O5Si. The fourth-order valence-corrected chi connectivity index (χ4v) is 10.8. The van der Waals surface area contributed by atoms with Crippen LogP contribution in [0.25, 0.3) is 0 Å². The fourth-order valence-electron chi connectivity index (χ4n) is 9.47. The topological polar surface area (TPSA) is 68.2 Å². The molecular weight excluding hydrogens is 504 g/mol. The van der Waals surface area contributed by atoms with E-state index in [1.54, 1.807) is 0 Å². The summed E-state index contributed by atoms with van der Waals surface area (Å²) in [5.74, 6) is 2.17. The van der Waals surface area contributed by atoms with E-state index in [1.807, 2.05) is 0 Å². The van der Waals surface area contributed by atoms with Crippen molar-refractivity contribution in [3.8, 4) is 0 Å². The smallest absolute Gasteiger partial charge is 0.192 e. The lowest BCUT2D eigenvalue weighted by molar-refractivity contribution is -0.254. The second-order valence-corrected chi connectivity index (χ2v) is 21.8. The molecule has 3 saturated carbocycles. The van der Waals surface area contributed by atoms with Crippen molar-refractivity contribution in [3.05, 3.63) is 12.2 Å². The van der Waals surface area contributed by atoms with Crippen molar-refractivity contribution < 1.29 is 24.1 Å². The molecule has 5 nitrogen and oxygen atoms in total. The van der Waals surface area contributed by atoms with Gasteiger partial charge in [0.15, 0.2) is 14.6 Å². The highest BCUT2D eigenvalue weighted by Crippen LogP contribution is 2.68. The molecule has 224 valence electrons. The van der Waals surface area contributed by atoms with Crippen LogP contribution in [0.2, 0.25) is 18.1 Å². The van der Waals surface area contributed by atoms with Crippen molar-refractivity contribution in [3.63, 3.8) is 0 Å². The molecule has 0 spiro atoms. The lowest BCUT2D eigenvalue weighted by atomic mass is 9.44. The van der Waals surface area contributed by atoms with Crippen LogP contribution in [0, 0.1) is 45.8 Å². The molecule has 0 bridgehead atoms. The largest absolute Gasteiger partial charge is 0.414 e. The van der Waals surface area contributed by atoms with Crippen LogP contribution >= 0.6 is 0 Å². The molecule has 5 rings (SSSR count). The number of aliphatic hydroxyl groups excluding tert-OH is 1. The Morgan fingerprint density at radius 2 is 1.64 bits per heavy atom. The first kappa shape index (κ1) is 30.2. The van der Waals surface area contributed by atoms with Crippen LogP contribution in [0.1, 0.15) is 93.9 Å². The maximum absolute atomic E-state index is 12.2. The van der Waals surface area contributed by atoms with Crippen LogP contribution in [0.15, 0.2) is 12.2 Å². The second-order valence-electron chi connectivity index (χ2n) is 17.1. The average molecular weight is 563 g/mol. The van der Waals surface area contributed by atoms with Gasteiger partial charge in [-0.05, 0) is 79.3 Å². The van der Waals surface area contributed by atoms with Crippen molar-refractivity contribution >= 4 is 8.32 Å². The summed E-state index contributed by atoms with van der Waals surface area (Å²) in [5.41, 5.74) is -1.27. The minimum absolute atomic E-state index is 0.0884. The Morgan fingerprint density at radius 1 is 1.00 bits per heavy atom. The summed E-state index contributed by atoms with van der Waals surface area (Å²) >= 11 is 0. The van der Waals surface area contributed by atoms with Gasteiger partial charge in [-0.25, -0.2) is 0 Å².